The molecular formula is C13H17N3O2. The highest BCUT2D eigenvalue weighted by Gasteiger charge is 2.29. The van der Waals surface area contributed by atoms with Crippen LogP contribution in [0.5, 0.6) is 0 Å². The van der Waals surface area contributed by atoms with Gasteiger partial charge in [-0.2, -0.15) is 0 Å². The summed E-state index contributed by atoms with van der Waals surface area (Å²) < 4.78 is 0. The molecule has 1 atom stereocenters. The van der Waals surface area contributed by atoms with Crippen LogP contribution >= 0.6 is 0 Å². The monoisotopic (exact) mass is 247 g/mol. The summed E-state index contributed by atoms with van der Waals surface area (Å²) in [5.74, 6) is -0.0114. The smallest absolute Gasteiger partial charge is 0.246 e. The Balaban J connectivity index is 1.94. The van der Waals surface area contributed by atoms with Gasteiger partial charge in [-0.3, -0.25) is 9.59 Å². The van der Waals surface area contributed by atoms with Crippen molar-refractivity contribution in [2.24, 2.45) is 0 Å². The zero-order chi connectivity index (χ0) is 13.1. The first-order valence-corrected chi connectivity index (χ1v) is 5.93. The van der Waals surface area contributed by atoms with Gasteiger partial charge < -0.3 is 15.5 Å². The van der Waals surface area contributed by atoms with E-state index in [2.05, 4.69) is 10.6 Å². The summed E-state index contributed by atoms with van der Waals surface area (Å²) in [5, 5.41) is 5.93. The van der Waals surface area contributed by atoms with Crippen LogP contribution in [0.2, 0.25) is 0 Å². The lowest BCUT2D eigenvalue weighted by molar-refractivity contribution is -0.128. The van der Waals surface area contributed by atoms with E-state index in [0.717, 1.165) is 11.3 Å². The molecule has 0 aliphatic carbocycles. The van der Waals surface area contributed by atoms with Gasteiger partial charge in [-0.05, 0) is 6.07 Å². The third-order valence-electron chi connectivity index (χ3n) is 2.98. The molecule has 18 heavy (non-hydrogen) atoms. The van der Waals surface area contributed by atoms with Crippen molar-refractivity contribution in [1.29, 1.82) is 0 Å². The van der Waals surface area contributed by atoms with Crippen molar-refractivity contribution < 1.29 is 9.59 Å². The Hall–Kier alpha value is -1.88. The number of fused-ring (bicyclic) bond motifs is 1. The first-order chi connectivity index (χ1) is 8.59. The molecule has 2 rings (SSSR count). The minimum Gasteiger partial charge on any atom is -0.349 e. The van der Waals surface area contributed by atoms with Crippen LogP contribution < -0.4 is 10.6 Å². The Kier molecular flexibility index (Phi) is 3.62. The third kappa shape index (κ3) is 2.51. The Morgan fingerprint density at radius 1 is 1.39 bits per heavy atom. The van der Waals surface area contributed by atoms with Gasteiger partial charge in [0.15, 0.2) is 0 Å². The molecule has 0 saturated carbocycles. The van der Waals surface area contributed by atoms with Crippen LogP contribution in [0.15, 0.2) is 24.3 Å². The molecule has 1 aromatic rings. The third-order valence-corrected chi connectivity index (χ3v) is 2.98. The highest BCUT2D eigenvalue weighted by molar-refractivity contribution is 6.02. The van der Waals surface area contributed by atoms with E-state index in [4.69, 9.17) is 0 Å². The summed E-state index contributed by atoms with van der Waals surface area (Å²) in [5.41, 5.74) is 1.79. The minimum atomic E-state index is -0.351. The van der Waals surface area contributed by atoms with E-state index in [1.165, 1.54) is 0 Å². The second-order valence-corrected chi connectivity index (χ2v) is 4.50. The van der Waals surface area contributed by atoms with Crippen LogP contribution in [-0.2, 0) is 9.59 Å². The fraction of sp³-hybridized carbons (Fsp3) is 0.385. The van der Waals surface area contributed by atoms with E-state index in [1.54, 1.807) is 19.0 Å². The number of nitrogens with one attached hydrogen (secondary N) is 2. The van der Waals surface area contributed by atoms with Crippen LogP contribution in [-0.4, -0.2) is 37.4 Å². The molecule has 2 N–H and O–H groups in total. The number of rotatable bonds is 4. The zero-order valence-electron chi connectivity index (χ0n) is 10.6. The van der Waals surface area contributed by atoms with Gasteiger partial charge in [0.25, 0.3) is 0 Å². The molecule has 0 bridgehead atoms. The van der Waals surface area contributed by atoms with E-state index in [9.17, 15) is 9.59 Å². The first-order valence-electron chi connectivity index (χ1n) is 5.93. The molecule has 0 radical (unpaired) electrons. The molecule has 96 valence electrons. The molecule has 0 saturated heterocycles. The second-order valence-electron chi connectivity index (χ2n) is 4.50. The molecule has 1 unspecified atom stereocenters. The number of carbonyl (C=O) groups is 2. The summed E-state index contributed by atoms with van der Waals surface area (Å²) in [4.78, 5) is 24.7. The van der Waals surface area contributed by atoms with Crippen molar-refractivity contribution in [3.63, 3.8) is 0 Å². The molecule has 2 amide bonds. The standard InChI is InChI=1S/C13H17N3O2/c1-16(2)11(17)7-8-14-12-9-5-3-4-6-10(9)15-13(12)18/h3-6,12,14H,7-8H2,1-2H3,(H,15,18). The number of nitrogens with zero attached hydrogens (tertiary/aromatic N) is 1. The molecule has 5 heteroatoms. The van der Waals surface area contributed by atoms with Gasteiger partial charge in [0, 0.05) is 38.3 Å². The van der Waals surface area contributed by atoms with Gasteiger partial charge in [-0.1, -0.05) is 18.2 Å². The molecular weight excluding hydrogens is 230 g/mol. The Morgan fingerprint density at radius 3 is 2.83 bits per heavy atom. The average Bonchev–Trinajstić information content (AvgIpc) is 2.65. The van der Waals surface area contributed by atoms with E-state index in [1.807, 2.05) is 24.3 Å². The number of hydrogen-bond acceptors (Lipinski definition) is 3. The maximum absolute atomic E-state index is 11.8. The Bertz CT molecular complexity index is 471. The van der Waals surface area contributed by atoms with Crippen molar-refractivity contribution >= 4 is 17.5 Å². The fourth-order valence-electron chi connectivity index (χ4n) is 1.96. The van der Waals surface area contributed by atoms with Crippen LogP contribution in [0.1, 0.15) is 18.0 Å². The van der Waals surface area contributed by atoms with Crippen molar-refractivity contribution in [3.8, 4) is 0 Å². The highest BCUT2D eigenvalue weighted by Crippen LogP contribution is 2.29. The van der Waals surface area contributed by atoms with Gasteiger partial charge in [-0.15, -0.1) is 0 Å². The van der Waals surface area contributed by atoms with Gasteiger partial charge in [0.2, 0.25) is 11.8 Å². The predicted octanol–water partition coefficient (Wildman–Crippen LogP) is 0.748. The van der Waals surface area contributed by atoms with E-state index in [0.29, 0.717) is 13.0 Å². The lowest BCUT2D eigenvalue weighted by atomic mass is 10.1. The predicted molar refractivity (Wildman–Crippen MR) is 69.1 cm³/mol. The number of amides is 2. The summed E-state index contributed by atoms with van der Waals surface area (Å²) >= 11 is 0. The average molecular weight is 247 g/mol. The van der Waals surface area contributed by atoms with Crippen molar-refractivity contribution in [3.05, 3.63) is 29.8 Å². The molecule has 0 spiro atoms. The van der Waals surface area contributed by atoms with Crippen molar-refractivity contribution in [2.75, 3.05) is 26.0 Å². The number of carbonyl (C=O) groups excluding carboxylic acids is 2. The zero-order valence-corrected chi connectivity index (χ0v) is 10.6. The fourth-order valence-corrected chi connectivity index (χ4v) is 1.96. The lowest BCUT2D eigenvalue weighted by Gasteiger charge is -2.13. The maximum Gasteiger partial charge on any atom is 0.246 e. The largest absolute Gasteiger partial charge is 0.349 e. The molecule has 0 fully saturated rings. The van der Waals surface area contributed by atoms with E-state index >= 15 is 0 Å². The summed E-state index contributed by atoms with van der Waals surface area (Å²) in [6.45, 7) is 0.490. The van der Waals surface area contributed by atoms with Crippen LogP contribution in [0.3, 0.4) is 0 Å². The van der Waals surface area contributed by atoms with Crippen LogP contribution in [0.25, 0.3) is 0 Å². The topological polar surface area (TPSA) is 61.4 Å². The number of para-hydroxylation sites is 1. The van der Waals surface area contributed by atoms with Crippen molar-refractivity contribution in [2.45, 2.75) is 12.5 Å². The van der Waals surface area contributed by atoms with Crippen molar-refractivity contribution in [1.82, 2.24) is 10.2 Å². The van der Waals surface area contributed by atoms with E-state index in [-0.39, 0.29) is 17.9 Å². The molecule has 1 aliphatic rings. The van der Waals surface area contributed by atoms with E-state index < -0.39 is 0 Å². The highest BCUT2D eigenvalue weighted by atomic mass is 16.2. The van der Waals surface area contributed by atoms with Gasteiger partial charge in [0.1, 0.15) is 6.04 Å². The lowest BCUT2D eigenvalue weighted by Crippen LogP contribution is -2.31. The SMILES string of the molecule is CN(C)C(=O)CCNC1C(=O)Nc2ccccc21. The normalized spacial score (nSPS) is 17.2. The summed E-state index contributed by atoms with van der Waals surface area (Å²) in [7, 11) is 3.44. The second kappa shape index (κ2) is 5.18. The quantitative estimate of drug-likeness (QED) is 0.825. The number of anilines is 1. The molecule has 0 aromatic heterocycles. The van der Waals surface area contributed by atoms with Crippen LogP contribution in [0, 0.1) is 0 Å². The van der Waals surface area contributed by atoms with Crippen LogP contribution in [0.4, 0.5) is 5.69 Å². The Labute approximate surface area is 106 Å². The first kappa shape index (κ1) is 12.6. The summed E-state index contributed by atoms with van der Waals surface area (Å²) in [6.07, 6.45) is 0.388. The Morgan fingerprint density at radius 2 is 2.11 bits per heavy atom. The minimum absolute atomic E-state index is 0.0502. The van der Waals surface area contributed by atoms with Gasteiger partial charge in [-0.25, -0.2) is 0 Å². The number of hydrogen-bond donors (Lipinski definition) is 2. The van der Waals surface area contributed by atoms with Gasteiger partial charge >= 0.3 is 0 Å². The molecule has 5 nitrogen and oxygen atoms in total. The number of benzene rings is 1. The summed E-state index contributed by atoms with van der Waals surface area (Å²) in [6, 6.07) is 7.23. The maximum atomic E-state index is 11.8. The van der Waals surface area contributed by atoms with Gasteiger partial charge in [0.05, 0.1) is 0 Å². The molecule has 1 heterocycles. The molecule has 1 aliphatic heterocycles. The molecule has 1 aromatic carbocycles.